The molecule has 6 heteroatoms. The first-order chi connectivity index (χ1) is 17.2. The average molecular weight is 552 g/mol. The normalized spacial score (nSPS) is 11.7. The third kappa shape index (κ3) is 8.23. The summed E-state index contributed by atoms with van der Waals surface area (Å²) < 4.78 is 6.90. The molecular formula is C30H35BrN2O3. The van der Waals surface area contributed by atoms with Crippen LogP contribution in [0.25, 0.3) is 0 Å². The van der Waals surface area contributed by atoms with E-state index in [9.17, 15) is 9.59 Å². The van der Waals surface area contributed by atoms with E-state index in [0.29, 0.717) is 31.2 Å². The van der Waals surface area contributed by atoms with E-state index in [2.05, 4.69) is 35.1 Å². The van der Waals surface area contributed by atoms with Crippen LogP contribution in [0.2, 0.25) is 0 Å². The van der Waals surface area contributed by atoms with Crippen LogP contribution in [0, 0.1) is 19.8 Å². The van der Waals surface area contributed by atoms with E-state index >= 15 is 0 Å². The second-order valence-electron chi connectivity index (χ2n) is 9.55. The summed E-state index contributed by atoms with van der Waals surface area (Å²) >= 11 is 3.47. The zero-order valence-corrected chi connectivity index (χ0v) is 23.0. The van der Waals surface area contributed by atoms with Crippen molar-refractivity contribution >= 4 is 27.7 Å². The number of benzene rings is 3. The van der Waals surface area contributed by atoms with Crippen molar-refractivity contribution in [3.63, 3.8) is 0 Å². The first-order valence-corrected chi connectivity index (χ1v) is 13.1. The third-order valence-corrected chi connectivity index (χ3v) is 6.43. The highest BCUT2D eigenvalue weighted by Gasteiger charge is 2.30. The number of carbonyl (C=O) groups is 2. The van der Waals surface area contributed by atoms with Crippen molar-refractivity contribution in [1.29, 1.82) is 0 Å². The Kier molecular flexibility index (Phi) is 10.1. The summed E-state index contributed by atoms with van der Waals surface area (Å²) in [6.45, 7) is 8.78. The number of amides is 2. The predicted molar refractivity (Wildman–Crippen MR) is 148 cm³/mol. The van der Waals surface area contributed by atoms with Gasteiger partial charge >= 0.3 is 0 Å². The second kappa shape index (κ2) is 13.3. The highest BCUT2D eigenvalue weighted by molar-refractivity contribution is 9.10. The summed E-state index contributed by atoms with van der Waals surface area (Å²) in [5.74, 6) is 0.569. The number of carbonyl (C=O) groups excluding carboxylic acids is 2. The lowest BCUT2D eigenvalue weighted by Crippen LogP contribution is -2.52. The average Bonchev–Trinajstić information content (AvgIpc) is 2.85. The number of halogens is 1. The summed E-state index contributed by atoms with van der Waals surface area (Å²) in [5.41, 5.74) is 4.03. The first kappa shape index (κ1) is 27.5. The standard InChI is InChI=1S/C30H35BrN2O3/c1-21(2)18-32-30(35)27(17-24-8-6-5-7-9-24)33(19-25-11-13-26(31)14-12-25)29(34)20-36-28-15-10-22(3)16-23(28)4/h5-16,21,27H,17-20H2,1-4H3,(H,32,35)/t27-/m1/s1. The van der Waals surface area contributed by atoms with Gasteiger partial charge in [0, 0.05) is 24.0 Å². The number of aryl methyl sites for hydroxylation is 2. The minimum absolute atomic E-state index is 0.150. The van der Waals surface area contributed by atoms with Gasteiger partial charge in [0.1, 0.15) is 11.8 Å². The van der Waals surface area contributed by atoms with Crippen LogP contribution >= 0.6 is 15.9 Å². The van der Waals surface area contributed by atoms with Gasteiger partial charge in [-0.3, -0.25) is 9.59 Å². The number of nitrogens with one attached hydrogen (secondary N) is 1. The monoisotopic (exact) mass is 550 g/mol. The number of nitrogens with zero attached hydrogens (tertiary/aromatic N) is 1. The smallest absolute Gasteiger partial charge is 0.261 e. The zero-order valence-electron chi connectivity index (χ0n) is 21.5. The maximum absolute atomic E-state index is 13.7. The molecule has 2 amide bonds. The van der Waals surface area contributed by atoms with Crippen LogP contribution in [0.5, 0.6) is 5.75 Å². The molecule has 0 aliphatic carbocycles. The van der Waals surface area contributed by atoms with Crippen LogP contribution in [-0.2, 0) is 22.6 Å². The van der Waals surface area contributed by atoms with E-state index < -0.39 is 6.04 Å². The lowest BCUT2D eigenvalue weighted by molar-refractivity contribution is -0.142. The molecule has 0 spiro atoms. The van der Waals surface area contributed by atoms with Crippen LogP contribution in [0.4, 0.5) is 0 Å². The highest BCUT2D eigenvalue weighted by Crippen LogP contribution is 2.21. The molecule has 36 heavy (non-hydrogen) atoms. The molecule has 0 saturated heterocycles. The predicted octanol–water partition coefficient (Wildman–Crippen LogP) is 5.86. The lowest BCUT2D eigenvalue weighted by Gasteiger charge is -2.32. The minimum Gasteiger partial charge on any atom is -0.483 e. The van der Waals surface area contributed by atoms with E-state index in [0.717, 1.165) is 26.7 Å². The molecule has 3 aromatic rings. The van der Waals surface area contributed by atoms with Crippen molar-refractivity contribution < 1.29 is 14.3 Å². The minimum atomic E-state index is -0.676. The summed E-state index contributed by atoms with van der Waals surface area (Å²) in [5, 5.41) is 3.04. The summed E-state index contributed by atoms with van der Waals surface area (Å²) in [4.78, 5) is 28.8. The molecule has 0 radical (unpaired) electrons. The maximum atomic E-state index is 13.7. The van der Waals surface area contributed by atoms with Crippen LogP contribution in [0.15, 0.2) is 77.3 Å². The van der Waals surface area contributed by atoms with Gasteiger partial charge in [0.05, 0.1) is 0 Å². The van der Waals surface area contributed by atoms with E-state index in [4.69, 9.17) is 4.74 Å². The van der Waals surface area contributed by atoms with Crippen LogP contribution in [0.3, 0.4) is 0 Å². The molecule has 3 aromatic carbocycles. The Labute approximate surface area is 223 Å². The number of ether oxygens (including phenoxy) is 1. The fourth-order valence-corrected chi connectivity index (χ4v) is 4.21. The Morgan fingerprint density at radius 2 is 1.64 bits per heavy atom. The van der Waals surface area contributed by atoms with Gasteiger partial charge < -0.3 is 15.0 Å². The van der Waals surface area contributed by atoms with Gasteiger partial charge in [-0.1, -0.05) is 89.9 Å². The molecule has 0 unspecified atom stereocenters. The van der Waals surface area contributed by atoms with Gasteiger partial charge in [-0.05, 0) is 54.7 Å². The van der Waals surface area contributed by atoms with Crippen molar-refractivity contribution in [1.82, 2.24) is 10.2 Å². The molecule has 0 aliphatic heterocycles. The number of rotatable bonds is 11. The van der Waals surface area contributed by atoms with Gasteiger partial charge in [-0.2, -0.15) is 0 Å². The summed E-state index contributed by atoms with van der Waals surface area (Å²) in [7, 11) is 0. The molecule has 1 N–H and O–H groups in total. The summed E-state index contributed by atoms with van der Waals surface area (Å²) in [6, 6.07) is 22.8. The summed E-state index contributed by atoms with van der Waals surface area (Å²) in [6.07, 6.45) is 0.413. The van der Waals surface area contributed by atoms with Gasteiger partial charge in [0.2, 0.25) is 5.91 Å². The molecule has 0 aliphatic rings. The highest BCUT2D eigenvalue weighted by atomic mass is 79.9. The van der Waals surface area contributed by atoms with E-state index in [1.807, 2.05) is 86.6 Å². The Balaban J connectivity index is 1.90. The molecule has 0 aromatic heterocycles. The van der Waals surface area contributed by atoms with E-state index in [-0.39, 0.29) is 18.4 Å². The fourth-order valence-electron chi connectivity index (χ4n) is 3.95. The van der Waals surface area contributed by atoms with Gasteiger partial charge in [-0.25, -0.2) is 0 Å². The van der Waals surface area contributed by atoms with Gasteiger partial charge in [0.25, 0.3) is 5.91 Å². The topological polar surface area (TPSA) is 58.6 Å². The van der Waals surface area contributed by atoms with Crippen molar-refractivity contribution in [3.05, 3.63) is 99.5 Å². The quantitative estimate of drug-likeness (QED) is 0.325. The molecule has 0 saturated carbocycles. The second-order valence-corrected chi connectivity index (χ2v) is 10.5. The largest absolute Gasteiger partial charge is 0.483 e. The number of hydrogen-bond donors (Lipinski definition) is 1. The van der Waals surface area contributed by atoms with E-state index in [1.165, 1.54) is 0 Å². The molecule has 0 fully saturated rings. The van der Waals surface area contributed by atoms with Crippen LogP contribution in [0.1, 0.15) is 36.1 Å². The van der Waals surface area contributed by atoms with Crippen molar-refractivity contribution in [2.45, 2.75) is 46.7 Å². The molecular weight excluding hydrogens is 516 g/mol. The van der Waals surface area contributed by atoms with Gasteiger partial charge in [0.15, 0.2) is 6.61 Å². The van der Waals surface area contributed by atoms with Crippen molar-refractivity contribution in [2.24, 2.45) is 5.92 Å². The van der Waals surface area contributed by atoms with Gasteiger partial charge in [-0.15, -0.1) is 0 Å². The molecule has 0 bridgehead atoms. The van der Waals surface area contributed by atoms with Crippen molar-refractivity contribution in [3.8, 4) is 5.75 Å². The molecule has 5 nitrogen and oxygen atoms in total. The van der Waals surface area contributed by atoms with Crippen molar-refractivity contribution in [2.75, 3.05) is 13.2 Å². The Morgan fingerprint density at radius 1 is 0.944 bits per heavy atom. The van der Waals surface area contributed by atoms with Crippen LogP contribution in [-0.4, -0.2) is 35.9 Å². The molecule has 0 heterocycles. The third-order valence-electron chi connectivity index (χ3n) is 5.90. The number of hydrogen-bond acceptors (Lipinski definition) is 3. The molecule has 3 rings (SSSR count). The lowest BCUT2D eigenvalue weighted by atomic mass is 10.0. The maximum Gasteiger partial charge on any atom is 0.261 e. The zero-order chi connectivity index (χ0) is 26.1. The first-order valence-electron chi connectivity index (χ1n) is 12.3. The van der Waals surface area contributed by atoms with E-state index in [1.54, 1.807) is 4.90 Å². The fraction of sp³-hybridized carbons (Fsp3) is 0.333. The molecule has 190 valence electrons. The molecule has 1 atom stereocenters. The Bertz CT molecular complexity index is 1150. The van der Waals surface area contributed by atoms with Crippen LogP contribution < -0.4 is 10.1 Å². The SMILES string of the molecule is Cc1ccc(OCC(=O)N(Cc2ccc(Br)cc2)[C@H](Cc2ccccc2)C(=O)NCC(C)C)c(C)c1. The Morgan fingerprint density at radius 3 is 2.28 bits per heavy atom. The Hall–Kier alpha value is -3.12.